The number of urea groups is 1. The van der Waals surface area contributed by atoms with Gasteiger partial charge in [0.1, 0.15) is 6.04 Å². The molecule has 1 aliphatic rings. The lowest BCUT2D eigenvalue weighted by Gasteiger charge is -2.24. The zero-order valence-electron chi connectivity index (χ0n) is 17.2. The Morgan fingerprint density at radius 1 is 0.903 bits per heavy atom. The fraction of sp³-hybridized carbons (Fsp3) is 0.208. The van der Waals surface area contributed by atoms with Gasteiger partial charge < -0.3 is 15.5 Å². The van der Waals surface area contributed by atoms with Crippen LogP contribution in [0.25, 0.3) is 5.69 Å². The highest BCUT2D eigenvalue weighted by molar-refractivity contribution is 5.99. The van der Waals surface area contributed by atoms with Crippen LogP contribution in [0.2, 0.25) is 0 Å². The van der Waals surface area contributed by atoms with E-state index in [4.69, 9.17) is 0 Å². The van der Waals surface area contributed by atoms with E-state index in [1.54, 1.807) is 47.5 Å². The molecule has 31 heavy (non-hydrogen) atoms. The van der Waals surface area contributed by atoms with Crippen molar-refractivity contribution < 1.29 is 9.59 Å². The first-order valence-corrected chi connectivity index (χ1v) is 10.2. The maximum atomic E-state index is 12.8. The quantitative estimate of drug-likeness (QED) is 0.679. The summed E-state index contributed by atoms with van der Waals surface area (Å²) in [5.74, 6) is -0.221. The van der Waals surface area contributed by atoms with Crippen LogP contribution in [0.4, 0.5) is 16.2 Å². The number of aryl methyl sites for hydroxylation is 1. The van der Waals surface area contributed by atoms with Crippen LogP contribution in [0.15, 0.2) is 77.7 Å². The lowest BCUT2D eigenvalue weighted by molar-refractivity contribution is -0.119. The third-order valence-electron chi connectivity index (χ3n) is 5.35. The number of aromatic nitrogens is 1. The van der Waals surface area contributed by atoms with Gasteiger partial charge in [0.2, 0.25) is 5.91 Å². The van der Waals surface area contributed by atoms with Gasteiger partial charge in [-0.05, 0) is 62.2 Å². The second-order valence-electron chi connectivity index (χ2n) is 7.59. The van der Waals surface area contributed by atoms with Crippen molar-refractivity contribution in [2.24, 2.45) is 0 Å². The molecule has 1 aromatic heterocycles. The molecule has 0 aliphatic carbocycles. The van der Waals surface area contributed by atoms with E-state index in [1.165, 1.54) is 10.6 Å². The molecule has 2 heterocycles. The number of carbonyl (C=O) groups excluding carboxylic acids is 2. The molecule has 1 aliphatic heterocycles. The number of carbonyl (C=O) groups is 2. The topological polar surface area (TPSA) is 83.4 Å². The molecule has 3 amide bonds. The van der Waals surface area contributed by atoms with E-state index in [0.29, 0.717) is 30.0 Å². The molecule has 158 valence electrons. The number of hydrogen-bond acceptors (Lipinski definition) is 3. The van der Waals surface area contributed by atoms with E-state index in [9.17, 15) is 14.4 Å². The summed E-state index contributed by atoms with van der Waals surface area (Å²) in [5.41, 5.74) is 3.01. The van der Waals surface area contributed by atoms with E-state index in [-0.39, 0.29) is 17.5 Å². The summed E-state index contributed by atoms with van der Waals surface area (Å²) in [7, 11) is 0. The van der Waals surface area contributed by atoms with Crippen LogP contribution in [0.1, 0.15) is 18.4 Å². The molecule has 2 N–H and O–H groups in total. The molecule has 4 rings (SSSR count). The van der Waals surface area contributed by atoms with Gasteiger partial charge in [0, 0.05) is 35.9 Å². The summed E-state index contributed by atoms with van der Waals surface area (Å²) >= 11 is 0. The molecule has 0 radical (unpaired) electrons. The highest BCUT2D eigenvalue weighted by Crippen LogP contribution is 2.21. The minimum Gasteiger partial charge on any atom is -0.324 e. The van der Waals surface area contributed by atoms with E-state index >= 15 is 0 Å². The van der Waals surface area contributed by atoms with E-state index < -0.39 is 6.04 Å². The van der Waals surface area contributed by atoms with Gasteiger partial charge in [-0.2, -0.15) is 0 Å². The van der Waals surface area contributed by atoms with Gasteiger partial charge in [-0.3, -0.25) is 14.2 Å². The van der Waals surface area contributed by atoms with Gasteiger partial charge in [-0.25, -0.2) is 4.79 Å². The lowest BCUT2D eigenvalue weighted by atomic mass is 10.2. The third kappa shape index (κ3) is 4.66. The van der Waals surface area contributed by atoms with Gasteiger partial charge >= 0.3 is 6.03 Å². The first-order chi connectivity index (χ1) is 15.0. The SMILES string of the molecule is Cc1ccc(NC(=O)N2CCCC2C(=O)Nc2ccc(-n3ccccc3=O)cc2)cc1. The standard InChI is InChI=1S/C24H24N4O3/c1-17-7-9-19(10-8-17)26-24(31)28-16-4-5-21(28)23(30)25-18-11-13-20(14-12-18)27-15-3-2-6-22(27)29/h2-3,6-15,21H,4-5,16H2,1H3,(H,25,30)(H,26,31). The zero-order chi connectivity index (χ0) is 21.8. The summed E-state index contributed by atoms with van der Waals surface area (Å²) in [5, 5.41) is 5.75. The van der Waals surface area contributed by atoms with Crippen LogP contribution in [0, 0.1) is 6.92 Å². The number of benzene rings is 2. The summed E-state index contributed by atoms with van der Waals surface area (Å²) in [6, 6.07) is 18.7. The van der Waals surface area contributed by atoms with Crippen molar-refractivity contribution in [3.63, 3.8) is 0 Å². The zero-order valence-corrected chi connectivity index (χ0v) is 17.2. The maximum absolute atomic E-state index is 12.8. The predicted molar refractivity (Wildman–Crippen MR) is 121 cm³/mol. The first-order valence-electron chi connectivity index (χ1n) is 10.2. The van der Waals surface area contributed by atoms with Crippen LogP contribution in [0.5, 0.6) is 0 Å². The summed E-state index contributed by atoms with van der Waals surface area (Å²) in [6.07, 6.45) is 3.08. The average Bonchev–Trinajstić information content (AvgIpc) is 3.27. The number of pyridine rings is 1. The smallest absolute Gasteiger partial charge is 0.322 e. The number of rotatable bonds is 4. The molecule has 7 nitrogen and oxygen atoms in total. The summed E-state index contributed by atoms with van der Waals surface area (Å²) < 4.78 is 1.53. The second-order valence-corrected chi connectivity index (χ2v) is 7.59. The molecular formula is C24H24N4O3. The minimum absolute atomic E-state index is 0.125. The van der Waals surface area contributed by atoms with Crippen LogP contribution >= 0.6 is 0 Å². The lowest BCUT2D eigenvalue weighted by Crippen LogP contribution is -2.45. The number of hydrogen-bond donors (Lipinski definition) is 2. The van der Waals surface area contributed by atoms with E-state index in [0.717, 1.165) is 12.0 Å². The molecule has 2 aromatic carbocycles. The normalized spacial score (nSPS) is 15.5. The average molecular weight is 416 g/mol. The molecule has 0 bridgehead atoms. The Hall–Kier alpha value is -3.87. The number of anilines is 2. The maximum Gasteiger partial charge on any atom is 0.322 e. The molecule has 3 aromatic rings. The monoisotopic (exact) mass is 416 g/mol. The Morgan fingerprint density at radius 2 is 1.58 bits per heavy atom. The van der Waals surface area contributed by atoms with Gasteiger partial charge in [0.25, 0.3) is 5.56 Å². The Morgan fingerprint density at radius 3 is 2.29 bits per heavy atom. The highest BCUT2D eigenvalue weighted by Gasteiger charge is 2.34. The number of nitrogens with one attached hydrogen (secondary N) is 2. The van der Waals surface area contributed by atoms with Crippen LogP contribution in [-0.4, -0.2) is 34.0 Å². The number of likely N-dealkylation sites (tertiary alicyclic amines) is 1. The van der Waals surface area contributed by atoms with Crippen LogP contribution < -0.4 is 16.2 Å². The molecule has 7 heteroatoms. The Balaban J connectivity index is 1.41. The molecule has 1 unspecified atom stereocenters. The molecule has 1 saturated heterocycles. The van der Waals surface area contributed by atoms with Crippen molar-refractivity contribution in [3.8, 4) is 5.69 Å². The molecule has 0 spiro atoms. The molecule has 1 fully saturated rings. The van der Waals surface area contributed by atoms with Gasteiger partial charge in [-0.15, -0.1) is 0 Å². The van der Waals surface area contributed by atoms with Crippen LogP contribution in [-0.2, 0) is 4.79 Å². The fourth-order valence-electron chi connectivity index (χ4n) is 3.69. The number of amides is 3. The Labute approximate surface area is 180 Å². The van der Waals surface area contributed by atoms with Crippen molar-refractivity contribution in [1.29, 1.82) is 0 Å². The fourth-order valence-corrected chi connectivity index (χ4v) is 3.69. The third-order valence-corrected chi connectivity index (χ3v) is 5.35. The van der Waals surface area contributed by atoms with E-state index in [1.807, 2.05) is 31.2 Å². The second kappa shape index (κ2) is 8.87. The van der Waals surface area contributed by atoms with Gasteiger partial charge in [0.05, 0.1) is 0 Å². The predicted octanol–water partition coefficient (Wildman–Crippen LogP) is 3.78. The molecular weight excluding hydrogens is 392 g/mol. The minimum atomic E-state index is -0.526. The summed E-state index contributed by atoms with van der Waals surface area (Å²) in [6.45, 7) is 2.52. The van der Waals surface area contributed by atoms with E-state index in [2.05, 4.69) is 10.6 Å². The molecule has 0 saturated carbocycles. The van der Waals surface area contributed by atoms with Crippen molar-refractivity contribution in [1.82, 2.24) is 9.47 Å². The molecule has 1 atom stereocenters. The first kappa shape index (κ1) is 20.4. The Bertz CT molecular complexity index is 1140. The van der Waals surface area contributed by atoms with Crippen molar-refractivity contribution in [2.75, 3.05) is 17.2 Å². The van der Waals surface area contributed by atoms with Crippen molar-refractivity contribution in [2.45, 2.75) is 25.8 Å². The number of nitrogens with zero attached hydrogens (tertiary/aromatic N) is 2. The van der Waals surface area contributed by atoms with Gasteiger partial charge in [-0.1, -0.05) is 23.8 Å². The van der Waals surface area contributed by atoms with Crippen LogP contribution in [0.3, 0.4) is 0 Å². The largest absolute Gasteiger partial charge is 0.324 e. The van der Waals surface area contributed by atoms with Crippen molar-refractivity contribution >= 4 is 23.3 Å². The highest BCUT2D eigenvalue weighted by atomic mass is 16.2. The van der Waals surface area contributed by atoms with Gasteiger partial charge in [0.15, 0.2) is 0 Å². The Kier molecular flexibility index (Phi) is 5.84. The summed E-state index contributed by atoms with van der Waals surface area (Å²) in [4.78, 5) is 39.1. The van der Waals surface area contributed by atoms with Crippen molar-refractivity contribution in [3.05, 3.63) is 88.8 Å².